The molecule has 1 amide bonds. The Morgan fingerprint density at radius 1 is 1.33 bits per heavy atom. The van der Waals surface area contributed by atoms with E-state index < -0.39 is 0 Å². The van der Waals surface area contributed by atoms with Gasteiger partial charge >= 0.3 is 0 Å². The van der Waals surface area contributed by atoms with Crippen molar-refractivity contribution >= 4 is 17.7 Å². The van der Waals surface area contributed by atoms with Gasteiger partial charge in [0.05, 0.1) is 6.26 Å². The summed E-state index contributed by atoms with van der Waals surface area (Å²) in [5, 5.41) is 2.72. The summed E-state index contributed by atoms with van der Waals surface area (Å²) in [4.78, 5) is 11.6. The van der Waals surface area contributed by atoms with Crippen LogP contribution in [0, 0.1) is 12.3 Å². The molecule has 1 aromatic heterocycles. The van der Waals surface area contributed by atoms with E-state index in [4.69, 9.17) is 10.8 Å². The van der Waals surface area contributed by atoms with E-state index in [1.807, 2.05) is 0 Å². The molecule has 0 bridgehead atoms. The largest absolute Gasteiger partial charge is 0.465 e. The van der Waals surface area contributed by atoms with Crippen LogP contribution in [0.2, 0.25) is 0 Å². The molecule has 3 heteroatoms. The van der Waals surface area contributed by atoms with Crippen LogP contribution in [0.5, 0.6) is 0 Å². The van der Waals surface area contributed by atoms with Gasteiger partial charge in [-0.2, -0.15) is 0 Å². The third-order valence-electron chi connectivity index (χ3n) is 2.24. The van der Waals surface area contributed by atoms with Crippen LogP contribution in [-0.2, 0) is 4.79 Å². The highest BCUT2D eigenvalue weighted by Gasteiger charge is 1.98. The topological polar surface area (TPSA) is 42.2 Å². The Morgan fingerprint density at radius 3 is 2.94 bits per heavy atom. The Morgan fingerprint density at radius 2 is 2.22 bits per heavy atom. The molecular formula is C15H11NO2. The fourth-order valence-corrected chi connectivity index (χ4v) is 1.41. The normalized spacial score (nSPS) is 10.2. The van der Waals surface area contributed by atoms with E-state index >= 15 is 0 Å². The minimum absolute atomic E-state index is 0.236. The van der Waals surface area contributed by atoms with Gasteiger partial charge in [-0.1, -0.05) is 12.0 Å². The highest BCUT2D eigenvalue weighted by atomic mass is 16.3. The Kier molecular flexibility index (Phi) is 3.62. The van der Waals surface area contributed by atoms with E-state index in [1.54, 1.807) is 48.7 Å². The predicted molar refractivity (Wildman–Crippen MR) is 70.7 cm³/mol. The van der Waals surface area contributed by atoms with Crippen LogP contribution in [0.1, 0.15) is 11.3 Å². The summed E-state index contributed by atoms with van der Waals surface area (Å²) in [5.74, 6) is 2.90. The first-order chi connectivity index (χ1) is 8.78. The Bertz CT molecular complexity index is 604. The van der Waals surface area contributed by atoms with Gasteiger partial charge in [-0.3, -0.25) is 4.79 Å². The Hall–Kier alpha value is -2.73. The zero-order chi connectivity index (χ0) is 12.8. The molecule has 0 saturated heterocycles. The maximum Gasteiger partial charge on any atom is 0.248 e. The second-order valence-corrected chi connectivity index (χ2v) is 3.56. The second-order valence-electron chi connectivity index (χ2n) is 3.56. The standard InChI is InChI=1S/C15H11NO2/c1-2-12-5-3-6-13(11-12)16-15(17)9-8-14-7-4-10-18-14/h1,3-11H,(H,16,17)/b9-8+. The van der Waals surface area contributed by atoms with E-state index in [0.29, 0.717) is 11.4 Å². The third-order valence-corrected chi connectivity index (χ3v) is 2.24. The number of carbonyl (C=O) groups excluding carboxylic acids is 1. The summed E-state index contributed by atoms with van der Waals surface area (Å²) in [6.07, 6.45) is 9.83. The van der Waals surface area contributed by atoms with E-state index in [9.17, 15) is 4.79 Å². The predicted octanol–water partition coefficient (Wildman–Crippen LogP) is 2.91. The smallest absolute Gasteiger partial charge is 0.248 e. The first-order valence-corrected chi connectivity index (χ1v) is 5.37. The maximum absolute atomic E-state index is 11.6. The fourth-order valence-electron chi connectivity index (χ4n) is 1.41. The number of amides is 1. The number of anilines is 1. The number of nitrogens with one attached hydrogen (secondary N) is 1. The first-order valence-electron chi connectivity index (χ1n) is 5.37. The van der Waals surface area contributed by atoms with Crippen LogP contribution in [0.15, 0.2) is 53.2 Å². The second kappa shape index (κ2) is 5.55. The average Bonchev–Trinajstić information content (AvgIpc) is 2.90. The van der Waals surface area contributed by atoms with Crippen LogP contribution in [-0.4, -0.2) is 5.91 Å². The van der Waals surface area contributed by atoms with Crippen LogP contribution in [0.3, 0.4) is 0 Å². The lowest BCUT2D eigenvalue weighted by Crippen LogP contribution is -2.07. The summed E-state index contributed by atoms with van der Waals surface area (Å²) in [5.41, 5.74) is 1.39. The van der Waals surface area contributed by atoms with Crippen LogP contribution in [0.4, 0.5) is 5.69 Å². The fraction of sp³-hybridized carbons (Fsp3) is 0. The van der Waals surface area contributed by atoms with Gasteiger partial charge in [0, 0.05) is 17.3 Å². The molecule has 0 aliphatic rings. The minimum atomic E-state index is -0.236. The molecule has 1 N–H and O–H groups in total. The number of benzene rings is 1. The molecule has 0 radical (unpaired) electrons. The van der Waals surface area contributed by atoms with Crippen molar-refractivity contribution in [1.29, 1.82) is 0 Å². The molecule has 3 nitrogen and oxygen atoms in total. The summed E-state index contributed by atoms with van der Waals surface area (Å²) in [6.45, 7) is 0. The van der Waals surface area contributed by atoms with Crippen molar-refractivity contribution < 1.29 is 9.21 Å². The van der Waals surface area contributed by atoms with Crippen molar-refractivity contribution in [1.82, 2.24) is 0 Å². The van der Waals surface area contributed by atoms with Crippen molar-refractivity contribution in [2.24, 2.45) is 0 Å². The molecule has 2 aromatic rings. The lowest BCUT2D eigenvalue weighted by atomic mass is 10.2. The molecule has 0 fully saturated rings. The van der Waals surface area contributed by atoms with Gasteiger partial charge in [0.2, 0.25) is 5.91 Å². The summed E-state index contributed by atoms with van der Waals surface area (Å²) < 4.78 is 5.08. The summed E-state index contributed by atoms with van der Waals surface area (Å²) in [7, 11) is 0. The van der Waals surface area contributed by atoms with Gasteiger partial charge in [0.1, 0.15) is 5.76 Å². The van der Waals surface area contributed by atoms with Crippen molar-refractivity contribution in [2.45, 2.75) is 0 Å². The molecular weight excluding hydrogens is 226 g/mol. The van der Waals surface area contributed by atoms with E-state index in [1.165, 1.54) is 6.08 Å². The van der Waals surface area contributed by atoms with Crippen molar-refractivity contribution in [3.05, 3.63) is 60.1 Å². The molecule has 0 aliphatic heterocycles. The van der Waals surface area contributed by atoms with Gasteiger partial charge in [-0.15, -0.1) is 6.42 Å². The molecule has 0 spiro atoms. The third kappa shape index (κ3) is 3.13. The molecule has 0 unspecified atom stereocenters. The van der Waals surface area contributed by atoms with E-state index in [-0.39, 0.29) is 5.91 Å². The Labute approximate surface area is 105 Å². The highest BCUT2D eigenvalue weighted by molar-refractivity contribution is 6.01. The number of rotatable bonds is 3. The molecule has 0 atom stereocenters. The monoisotopic (exact) mass is 237 g/mol. The highest BCUT2D eigenvalue weighted by Crippen LogP contribution is 2.10. The lowest BCUT2D eigenvalue weighted by molar-refractivity contribution is -0.111. The molecule has 0 saturated carbocycles. The van der Waals surface area contributed by atoms with E-state index in [2.05, 4.69) is 11.2 Å². The van der Waals surface area contributed by atoms with Crippen molar-refractivity contribution in [3.8, 4) is 12.3 Å². The number of hydrogen-bond acceptors (Lipinski definition) is 2. The SMILES string of the molecule is C#Cc1cccc(NC(=O)/C=C/c2ccco2)c1. The van der Waals surface area contributed by atoms with Crippen LogP contribution >= 0.6 is 0 Å². The number of hydrogen-bond donors (Lipinski definition) is 1. The van der Waals surface area contributed by atoms with Crippen molar-refractivity contribution in [2.75, 3.05) is 5.32 Å². The van der Waals surface area contributed by atoms with Gasteiger partial charge in [0.25, 0.3) is 0 Å². The minimum Gasteiger partial charge on any atom is -0.465 e. The Balaban J connectivity index is 2.01. The number of terminal acetylenes is 1. The number of carbonyl (C=O) groups is 1. The molecule has 1 heterocycles. The van der Waals surface area contributed by atoms with Crippen LogP contribution < -0.4 is 5.32 Å². The first kappa shape index (κ1) is 11.7. The van der Waals surface area contributed by atoms with Gasteiger partial charge in [0.15, 0.2) is 0 Å². The van der Waals surface area contributed by atoms with Gasteiger partial charge in [-0.25, -0.2) is 0 Å². The van der Waals surface area contributed by atoms with Gasteiger partial charge < -0.3 is 9.73 Å². The zero-order valence-electron chi connectivity index (χ0n) is 9.59. The van der Waals surface area contributed by atoms with Crippen molar-refractivity contribution in [3.63, 3.8) is 0 Å². The molecule has 0 aliphatic carbocycles. The van der Waals surface area contributed by atoms with E-state index in [0.717, 1.165) is 5.56 Å². The molecule has 1 aromatic carbocycles. The maximum atomic E-state index is 11.6. The van der Waals surface area contributed by atoms with Crippen LogP contribution in [0.25, 0.3) is 6.08 Å². The molecule has 88 valence electrons. The molecule has 2 rings (SSSR count). The number of furan rings is 1. The van der Waals surface area contributed by atoms with Gasteiger partial charge in [-0.05, 0) is 36.4 Å². The lowest BCUT2D eigenvalue weighted by Gasteiger charge is -2.01. The average molecular weight is 237 g/mol. The summed E-state index contributed by atoms with van der Waals surface area (Å²) >= 11 is 0. The quantitative estimate of drug-likeness (QED) is 0.658. The zero-order valence-corrected chi connectivity index (χ0v) is 9.59. The summed E-state index contributed by atoms with van der Waals surface area (Å²) in [6, 6.07) is 10.6. The molecule has 18 heavy (non-hydrogen) atoms.